The quantitative estimate of drug-likeness (QED) is 0.792. The second-order valence-electron chi connectivity index (χ2n) is 4.96. The molecule has 1 aliphatic carbocycles. The maximum absolute atomic E-state index is 3.75. The number of nitrogens with one attached hydrogen (secondary N) is 1. The van der Waals surface area contributed by atoms with E-state index in [-0.39, 0.29) is 0 Å². The molecule has 0 atom stereocenters. The molecule has 0 radical (unpaired) electrons. The molecule has 1 aromatic carbocycles. The first-order valence-corrected chi connectivity index (χ1v) is 6.64. The van der Waals surface area contributed by atoms with E-state index in [9.17, 15) is 0 Å². The topological polar surface area (TPSA) is 12.0 Å². The average molecular weight is 217 g/mol. The van der Waals surface area contributed by atoms with Crippen LogP contribution in [-0.4, -0.2) is 12.1 Å². The molecule has 1 fully saturated rings. The maximum atomic E-state index is 3.75. The molecular weight excluding hydrogens is 194 g/mol. The largest absolute Gasteiger partial charge is 0.311 e. The molecular formula is C15H23N. The van der Waals surface area contributed by atoms with Gasteiger partial charge in [-0.15, -0.1) is 0 Å². The fourth-order valence-corrected chi connectivity index (χ4v) is 2.61. The van der Waals surface area contributed by atoms with Crippen LogP contribution < -0.4 is 5.32 Å². The predicted molar refractivity (Wildman–Crippen MR) is 69.7 cm³/mol. The SMILES string of the molecule is CCC(CC)NC1CC(c2ccccc2)C1. The molecule has 1 N–H and O–H groups in total. The summed E-state index contributed by atoms with van der Waals surface area (Å²) in [5, 5.41) is 3.75. The highest BCUT2D eigenvalue weighted by Gasteiger charge is 2.30. The summed E-state index contributed by atoms with van der Waals surface area (Å²) in [6.45, 7) is 4.54. The summed E-state index contributed by atoms with van der Waals surface area (Å²) in [5.41, 5.74) is 1.52. The maximum Gasteiger partial charge on any atom is 0.00813 e. The zero-order chi connectivity index (χ0) is 11.4. The number of benzene rings is 1. The van der Waals surface area contributed by atoms with E-state index in [1.54, 1.807) is 0 Å². The first-order chi connectivity index (χ1) is 7.83. The zero-order valence-corrected chi connectivity index (χ0v) is 10.4. The Kier molecular flexibility index (Phi) is 4.00. The van der Waals surface area contributed by atoms with Crippen molar-refractivity contribution in [1.82, 2.24) is 5.32 Å². The third kappa shape index (κ3) is 2.65. The fraction of sp³-hybridized carbons (Fsp3) is 0.600. The summed E-state index contributed by atoms with van der Waals surface area (Å²) in [4.78, 5) is 0. The highest BCUT2D eigenvalue weighted by molar-refractivity contribution is 5.22. The van der Waals surface area contributed by atoms with Crippen molar-refractivity contribution in [2.45, 2.75) is 57.5 Å². The van der Waals surface area contributed by atoms with Gasteiger partial charge in [0.15, 0.2) is 0 Å². The lowest BCUT2D eigenvalue weighted by molar-refractivity contribution is 0.258. The van der Waals surface area contributed by atoms with E-state index in [1.165, 1.54) is 31.2 Å². The van der Waals surface area contributed by atoms with Gasteiger partial charge in [0.25, 0.3) is 0 Å². The minimum atomic E-state index is 0.724. The standard InChI is InChI=1S/C15H23N/c1-3-14(4-2)16-15-10-13(11-15)12-8-6-5-7-9-12/h5-9,13-16H,3-4,10-11H2,1-2H3. The molecule has 0 heterocycles. The summed E-state index contributed by atoms with van der Waals surface area (Å²) in [6.07, 6.45) is 5.15. The minimum absolute atomic E-state index is 0.724. The fourth-order valence-electron chi connectivity index (χ4n) is 2.61. The van der Waals surface area contributed by atoms with Gasteiger partial charge in [0.05, 0.1) is 0 Å². The first-order valence-electron chi connectivity index (χ1n) is 6.64. The van der Waals surface area contributed by atoms with Gasteiger partial charge in [0.2, 0.25) is 0 Å². The smallest absolute Gasteiger partial charge is 0.00813 e. The molecule has 0 saturated heterocycles. The Labute approximate surface area is 99.3 Å². The lowest BCUT2D eigenvalue weighted by Gasteiger charge is -2.38. The van der Waals surface area contributed by atoms with Crippen molar-refractivity contribution in [2.75, 3.05) is 0 Å². The Morgan fingerprint density at radius 1 is 1.12 bits per heavy atom. The van der Waals surface area contributed by atoms with E-state index in [4.69, 9.17) is 0 Å². The van der Waals surface area contributed by atoms with E-state index in [0.29, 0.717) is 0 Å². The summed E-state index contributed by atoms with van der Waals surface area (Å²) in [5.74, 6) is 0.799. The van der Waals surface area contributed by atoms with E-state index < -0.39 is 0 Å². The molecule has 1 aromatic rings. The molecule has 0 spiro atoms. The Hall–Kier alpha value is -0.820. The van der Waals surface area contributed by atoms with Gasteiger partial charge in [-0.25, -0.2) is 0 Å². The Balaban J connectivity index is 1.78. The lowest BCUT2D eigenvalue weighted by Crippen LogP contribution is -2.45. The molecule has 1 nitrogen and oxygen atoms in total. The van der Waals surface area contributed by atoms with Crippen LogP contribution in [0.4, 0.5) is 0 Å². The van der Waals surface area contributed by atoms with Gasteiger partial charge in [-0.1, -0.05) is 44.2 Å². The molecule has 0 aliphatic heterocycles. The van der Waals surface area contributed by atoms with Crippen LogP contribution in [0.5, 0.6) is 0 Å². The highest BCUT2D eigenvalue weighted by atomic mass is 15.0. The Bertz CT molecular complexity index is 296. The molecule has 88 valence electrons. The summed E-state index contributed by atoms with van der Waals surface area (Å²) < 4.78 is 0. The van der Waals surface area contributed by atoms with Gasteiger partial charge >= 0.3 is 0 Å². The molecule has 2 rings (SSSR count). The van der Waals surface area contributed by atoms with Crippen molar-refractivity contribution in [3.8, 4) is 0 Å². The highest BCUT2D eigenvalue weighted by Crippen LogP contribution is 2.37. The van der Waals surface area contributed by atoms with E-state index in [1.807, 2.05) is 0 Å². The second kappa shape index (κ2) is 5.49. The molecule has 1 heteroatoms. The van der Waals surface area contributed by atoms with Crippen molar-refractivity contribution in [1.29, 1.82) is 0 Å². The zero-order valence-electron chi connectivity index (χ0n) is 10.4. The molecule has 0 unspecified atom stereocenters. The van der Waals surface area contributed by atoms with E-state index >= 15 is 0 Å². The molecule has 1 saturated carbocycles. The predicted octanol–water partition coefficient (Wildman–Crippen LogP) is 3.71. The number of hydrogen-bond acceptors (Lipinski definition) is 1. The van der Waals surface area contributed by atoms with Crippen LogP contribution in [0, 0.1) is 0 Å². The van der Waals surface area contributed by atoms with Crippen LogP contribution in [0.2, 0.25) is 0 Å². The van der Waals surface area contributed by atoms with Gasteiger partial charge < -0.3 is 5.32 Å². The van der Waals surface area contributed by atoms with Crippen LogP contribution in [0.1, 0.15) is 51.0 Å². The van der Waals surface area contributed by atoms with Crippen molar-refractivity contribution < 1.29 is 0 Å². The van der Waals surface area contributed by atoms with Gasteiger partial charge in [0, 0.05) is 12.1 Å². The van der Waals surface area contributed by atoms with E-state index in [0.717, 1.165) is 18.0 Å². The molecule has 0 aromatic heterocycles. The van der Waals surface area contributed by atoms with Gasteiger partial charge in [-0.3, -0.25) is 0 Å². The van der Waals surface area contributed by atoms with Crippen molar-refractivity contribution in [3.05, 3.63) is 35.9 Å². The van der Waals surface area contributed by atoms with Crippen LogP contribution in [0.25, 0.3) is 0 Å². The molecule has 1 aliphatic rings. The summed E-state index contributed by atoms with van der Waals surface area (Å²) in [6, 6.07) is 12.4. The van der Waals surface area contributed by atoms with Gasteiger partial charge in [-0.2, -0.15) is 0 Å². The van der Waals surface area contributed by atoms with Crippen LogP contribution >= 0.6 is 0 Å². The van der Waals surface area contributed by atoms with Gasteiger partial charge in [-0.05, 0) is 37.2 Å². The second-order valence-corrected chi connectivity index (χ2v) is 4.96. The number of hydrogen-bond donors (Lipinski definition) is 1. The van der Waals surface area contributed by atoms with Crippen LogP contribution in [0.15, 0.2) is 30.3 Å². The van der Waals surface area contributed by atoms with E-state index in [2.05, 4.69) is 49.5 Å². The third-order valence-electron chi connectivity index (χ3n) is 3.87. The Morgan fingerprint density at radius 3 is 2.31 bits per heavy atom. The molecule has 16 heavy (non-hydrogen) atoms. The minimum Gasteiger partial charge on any atom is -0.311 e. The van der Waals surface area contributed by atoms with Crippen LogP contribution in [0.3, 0.4) is 0 Å². The normalized spacial score (nSPS) is 24.4. The van der Waals surface area contributed by atoms with Crippen molar-refractivity contribution in [2.24, 2.45) is 0 Å². The first kappa shape index (κ1) is 11.7. The average Bonchev–Trinajstić information content (AvgIpc) is 2.29. The van der Waals surface area contributed by atoms with Crippen LogP contribution in [-0.2, 0) is 0 Å². The van der Waals surface area contributed by atoms with Crippen molar-refractivity contribution in [3.63, 3.8) is 0 Å². The Morgan fingerprint density at radius 2 is 1.75 bits per heavy atom. The van der Waals surface area contributed by atoms with Crippen molar-refractivity contribution >= 4 is 0 Å². The third-order valence-corrected chi connectivity index (χ3v) is 3.87. The molecule has 0 bridgehead atoms. The molecule has 0 amide bonds. The van der Waals surface area contributed by atoms with Gasteiger partial charge in [0.1, 0.15) is 0 Å². The lowest BCUT2D eigenvalue weighted by atomic mass is 9.75. The number of rotatable bonds is 5. The summed E-state index contributed by atoms with van der Waals surface area (Å²) >= 11 is 0. The monoisotopic (exact) mass is 217 g/mol. The summed E-state index contributed by atoms with van der Waals surface area (Å²) in [7, 11) is 0.